The molecular weight excluding hydrogens is 186 g/mol. The van der Waals surface area contributed by atoms with Crippen molar-refractivity contribution in [3.8, 4) is 0 Å². The Kier molecular flexibility index (Phi) is 3.93. The number of allylic oxidation sites excluding steroid dienone is 4. The molecule has 78 valence electrons. The second kappa shape index (κ2) is 5.21. The van der Waals surface area contributed by atoms with E-state index in [9.17, 15) is 4.79 Å². The van der Waals surface area contributed by atoms with Gasteiger partial charge in [-0.15, -0.1) is 6.58 Å². The van der Waals surface area contributed by atoms with E-state index in [1.807, 2.05) is 13.0 Å². The quantitative estimate of drug-likeness (QED) is 0.505. The van der Waals surface area contributed by atoms with Crippen LogP contribution in [0.3, 0.4) is 0 Å². The summed E-state index contributed by atoms with van der Waals surface area (Å²) in [6.45, 7) is 5.54. The molecule has 0 radical (unpaired) electrons. The Morgan fingerprint density at radius 2 is 2.40 bits per heavy atom. The van der Waals surface area contributed by atoms with Gasteiger partial charge in [0.15, 0.2) is 0 Å². The van der Waals surface area contributed by atoms with E-state index < -0.39 is 0 Å². The number of rotatable bonds is 4. The molecule has 1 rings (SSSR count). The highest BCUT2D eigenvalue weighted by Crippen LogP contribution is 2.13. The minimum atomic E-state index is -0.0308. The maximum Gasteiger partial charge on any atom is 0.229 e. The van der Waals surface area contributed by atoms with Crippen molar-refractivity contribution in [2.45, 2.75) is 13.3 Å². The van der Waals surface area contributed by atoms with Crippen LogP contribution in [0.1, 0.15) is 13.3 Å². The Morgan fingerprint density at radius 3 is 2.93 bits per heavy atom. The van der Waals surface area contributed by atoms with E-state index in [1.165, 1.54) is 0 Å². The molecule has 0 fully saturated rings. The number of nitrogens with zero attached hydrogens (tertiary/aromatic N) is 1. The van der Waals surface area contributed by atoms with Crippen LogP contribution >= 0.6 is 0 Å². The highest BCUT2D eigenvalue weighted by Gasteiger charge is 2.17. The molecule has 0 spiro atoms. The zero-order valence-electron chi connectivity index (χ0n) is 9.16. The molecule has 1 atom stereocenters. The highest BCUT2D eigenvalue weighted by atomic mass is 16.2. The fourth-order valence-electron chi connectivity index (χ4n) is 1.36. The summed E-state index contributed by atoms with van der Waals surface area (Å²) in [6.07, 6.45) is 7.80. The molecule has 0 bridgehead atoms. The molecule has 0 aromatic rings. The van der Waals surface area contributed by atoms with Crippen LogP contribution < -0.4 is 0 Å². The fraction of sp³-hybridized carbons (Fsp3) is 0.308. The van der Waals surface area contributed by atoms with Crippen molar-refractivity contribution in [2.24, 2.45) is 5.92 Å². The molecular formula is C13H15NO. The van der Waals surface area contributed by atoms with Crippen LogP contribution in [0.25, 0.3) is 0 Å². The van der Waals surface area contributed by atoms with Gasteiger partial charge in [-0.2, -0.15) is 0 Å². The lowest BCUT2D eigenvalue weighted by molar-refractivity contribution is -0.131. The van der Waals surface area contributed by atoms with Crippen LogP contribution in [0, 0.1) is 5.92 Å². The monoisotopic (exact) mass is 201 g/mol. The average Bonchev–Trinajstić information content (AvgIpc) is 2.28. The van der Waals surface area contributed by atoms with Gasteiger partial charge in [-0.05, 0) is 18.6 Å². The maximum atomic E-state index is 11.9. The SMILES string of the molecule is C=CCC(C)C(=O)N(C)C1=CC=C=C=C1. The minimum Gasteiger partial charge on any atom is -0.315 e. The van der Waals surface area contributed by atoms with Crippen molar-refractivity contribution in [1.82, 2.24) is 4.90 Å². The summed E-state index contributed by atoms with van der Waals surface area (Å²) in [6, 6.07) is 0. The Morgan fingerprint density at radius 1 is 1.67 bits per heavy atom. The lowest BCUT2D eigenvalue weighted by Crippen LogP contribution is -2.30. The third-order valence-electron chi connectivity index (χ3n) is 2.30. The van der Waals surface area contributed by atoms with E-state index in [-0.39, 0.29) is 11.8 Å². The zero-order valence-corrected chi connectivity index (χ0v) is 9.16. The first-order valence-corrected chi connectivity index (χ1v) is 4.93. The first-order valence-electron chi connectivity index (χ1n) is 4.93. The lowest BCUT2D eigenvalue weighted by atomic mass is 10.1. The van der Waals surface area contributed by atoms with E-state index in [0.29, 0.717) is 6.42 Å². The number of carbonyl (C=O) groups is 1. The molecule has 0 saturated heterocycles. The average molecular weight is 201 g/mol. The predicted molar refractivity (Wildman–Crippen MR) is 61.0 cm³/mol. The Hall–Kier alpha value is -1.75. The van der Waals surface area contributed by atoms with Gasteiger partial charge >= 0.3 is 0 Å². The molecule has 0 aromatic heterocycles. The summed E-state index contributed by atoms with van der Waals surface area (Å²) in [5, 5.41) is 0. The van der Waals surface area contributed by atoms with Gasteiger partial charge in [0.25, 0.3) is 0 Å². The number of hydrogen-bond acceptors (Lipinski definition) is 1. The van der Waals surface area contributed by atoms with Crippen molar-refractivity contribution in [1.29, 1.82) is 0 Å². The molecule has 1 aliphatic rings. The topological polar surface area (TPSA) is 20.3 Å². The predicted octanol–water partition coefficient (Wildman–Crippen LogP) is 2.42. The van der Waals surface area contributed by atoms with Crippen molar-refractivity contribution >= 4 is 5.91 Å². The molecule has 0 saturated carbocycles. The summed E-state index contributed by atoms with van der Waals surface area (Å²) < 4.78 is 0. The van der Waals surface area contributed by atoms with Crippen LogP contribution in [-0.2, 0) is 4.79 Å². The second-order valence-electron chi connectivity index (χ2n) is 3.51. The van der Waals surface area contributed by atoms with Gasteiger partial charge in [-0.3, -0.25) is 4.79 Å². The molecule has 1 aliphatic carbocycles. The lowest BCUT2D eigenvalue weighted by Gasteiger charge is -2.21. The fourth-order valence-corrected chi connectivity index (χ4v) is 1.36. The van der Waals surface area contributed by atoms with E-state index in [0.717, 1.165) is 5.70 Å². The van der Waals surface area contributed by atoms with E-state index in [1.54, 1.807) is 30.2 Å². The van der Waals surface area contributed by atoms with Crippen molar-refractivity contribution in [3.63, 3.8) is 0 Å². The van der Waals surface area contributed by atoms with Crippen LogP contribution in [0.2, 0.25) is 0 Å². The van der Waals surface area contributed by atoms with E-state index in [4.69, 9.17) is 0 Å². The van der Waals surface area contributed by atoms with Gasteiger partial charge < -0.3 is 4.90 Å². The van der Waals surface area contributed by atoms with Gasteiger partial charge in [0, 0.05) is 19.0 Å². The highest BCUT2D eigenvalue weighted by molar-refractivity contribution is 5.80. The zero-order chi connectivity index (χ0) is 11.3. The summed E-state index contributed by atoms with van der Waals surface area (Å²) in [7, 11) is 1.77. The molecule has 0 aliphatic heterocycles. The van der Waals surface area contributed by atoms with E-state index in [2.05, 4.69) is 18.0 Å². The number of carbonyl (C=O) groups excluding carboxylic acids is 1. The molecule has 0 aromatic carbocycles. The molecule has 1 amide bonds. The molecule has 0 heterocycles. The molecule has 2 heteroatoms. The van der Waals surface area contributed by atoms with Crippen LogP contribution in [0.15, 0.2) is 48.0 Å². The number of hydrogen-bond donors (Lipinski definition) is 0. The third-order valence-corrected chi connectivity index (χ3v) is 2.30. The largest absolute Gasteiger partial charge is 0.315 e. The van der Waals surface area contributed by atoms with Gasteiger partial charge in [0.2, 0.25) is 5.91 Å². The first kappa shape index (κ1) is 11.3. The molecule has 2 nitrogen and oxygen atoms in total. The molecule has 15 heavy (non-hydrogen) atoms. The Bertz CT molecular complexity index is 391. The summed E-state index contributed by atoms with van der Waals surface area (Å²) in [5.74, 6) is 0.0613. The summed E-state index contributed by atoms with van der Waals surface area (Å²) >= 11 is 0. The third kappa shape index (κ3) is 2.85. The van der Waals surface area contributed by atoms with Crippen molar-refractivity contribution in [3.05, 3.63) is 48.0 Å². The van der Waals surface area contributed by atoms with Gasteiger partial charge in [-0.1, -0.05) is 24.5 Å². The maximum absolute atomic E-state index is 11.9. The van der Waals surface area contributed by atoms with Gasteiger partial charge in [-0.25, -0.2) is 0 Å². The summed E-state index contributed by atoms with van der Waals surface area (Å²) in [5.41, 5.74) is 6.47. The molecule has 1 unspecified atom stereocenters. The standard InChI is InChI=1S/C13H15NO/c1-4-8-11(2)13(15)14(3)12-9-6-5-7-10-12/h4,6,9-11H,1,8H2,2-3H3. The smallest absolute Gasteiger partial charge is 0.229 e. The minimum absolute atomic E-state index is 0.0308. The molecule has 0 N–H and O–H groups in total. The number of likely N-dealkylation sites (N-methyl/N-ethyl adjacent to an activating group) is 1. The normalized spacial score (nSPS) is 14.7. The number of amides is 1. The van der Waals surface area contributed by atoms with Crippen LogP contribution in [0.5, 0.6) is 0 Å². The Labute approximate surface area is 90.6 Å². The van der Waals surface area contributed by atoms with Gasteiger partial charge in [0.1, 0.15) is 0 Å². The Balaban J connectivity index is 2.69. The van der Waals surface area contributed by atoms with E-state index >= 15 is 0 Å². The summed E-state index contributed by atoms with van der Waals surface area (Å²) in [4.78, 5) is 13.5. The van der Waals surface area contributed by atoms with Gasteiger partial charge in [0.05, 0.1) is 5.70 Å². The van der Waals surface area contributed by atoms with Crippen molar-refractivity contribution < 1.29 is 4.79 Å². The van der Waals surface area contributed by atoms with Crippen molar-refractivity contribution in [2.75, 3.05) is 7.05 Å². The van der Waals surface area contributed by atoms with Crippen LogP contribution in [0.4, 0.5) is 0 Å². The first-order chi connectivity index (χ1) is 7.16. The second-order valence-corrected chi connectivity index (χ2v) is 3.51. The van der Waals surface area contributed by atoms with Crippen LogP contribution in [-0.4, -0.2) is 17.9 Å².